The van der Waals surface area contributed by atoms with Crippen molar-refractivity contribution in [2.75, 3.05) is 11.9 Å². The average Bonchev–Trinajstić information content (AvgIpc) is 2.56. The predicted molar refractivity (Wildman–Crippen MR) is 68.9 cm³/mol. The van der Waals surface area contributed by atoms with Gasteiger partial charge < -0.3 is 10.1 Å². The van der Waals surface area contributed by atoms with Gasteiger partial charge >= 0.3 is 5.97 Å². The van der Waals surface area contributed by atoms with Crippen LogP contribution in [0.25, 0.3) is 0 Å². The van der Waals surface area contributed by atoms with Crippen LogP contribution in [0.3, 0.4) is 0 Å². The third-order valence-electron chi connectivity index (χ3n) is 3.12. The van der Waals surface area contributed by atoms with Crippen molar-refractivity contribution in [2.24, 2.45) is 5.92 Å². The summed E-state index contributed by atoms with van der Waals surface area (Å²) in [5.74, 6) is -1.66. The van der Waals surface area contributed by atoms with Crippen molar-refractivity contribution in [1.82, 2.24) is 0 Å². The van der Waals surface area contributed by atoms with Crippen LogP contribution in [0.5, 0.6) is 0 Å². The van der Waals surface area contributed by atoms with E-state index in [0.29, 0.717) is 24.1 Å². The second-order valence-corrected chi connectivity index (χ2v) is 4.37. The molecule has 1 amide bonds. The summed E-state index contributed by atoms with van der Waals surface area (Å²) in [5.41, 5.74) is 2.01. The maximum atomic E-state index is 12.0. The normalized spacial score (nSPS) is 17.9. The number of hydrogen-bond donors (Lipinski definition) is 1. The van der Waals surface area contributed by atoms with E-state index in [4.69, 9.17) is 4.74 Å². The van der Waals surface area contributed by atoms with E-state index in [0.717, 1.165) is 11.8 Å². The standard InChI is InChI=1S/C14H15NO4/c1-2-19-14(18)11-6-5-10-4-3-9(8-16)7-12(10)15-13(11)17/h3-4,7-8,11H,2,5-6H2,1H3,(H,15,17). The zero-order valence-corrected chi connectivity index (χ0v) is 10.6. The van der Waals surface area contributed by atoms with Crippen LogP contribution in [0.15, 0.2) is 18.2 Å². The van der Waals surface area contributed by atoms with Gasteiger partial charge in [0.1, 0.15) is 12.2 Å². The van der Waals surface area contributed by atoms with E-state index < -0.39 is 11.9 Å². The van der Waals surface area contributed by atoms with E-state index in [-0.39, 0.29) is 12.5 Å². The van der Waals surface area contributed by atoms with Crippen LogP contribution < -0.4 is 5.32 Å². The van der Waals surface area contributed by atoms with Gasteiger partial charge in [0.2, 0.25) is 5.91 Å². The molecule has 1 atom stereocenters. The van der Waals surface area contributed by atoms with Gasteiger partial charge in [-0.1, -0.05) is 12.1 Å². The summed E-state index contributed by atoms with van der Waals surface area (Å²) in [5, 5.41) is 2.69. The molecule has 0 saturated carbocycles. The van der Waals surface area contributed by atoms with Crippen LogP contribution >= 0.6 is 0 Å². The fourth-order valence-corrected chi connectivity index (χ4v) is 2.12. The molecule has 0 saturated heterocycles. The lowest BCUT2D eigenvalue weighted by atomic mass is 10.00. The maximum Gasteiger partial charge on any atom is 0.318 e. The number of aldehydes is 1. The first-order valence-corrected chi connectivity index (χ1v) is 6.21. The van der Waals surface area contributed by atoms with Crippen LogP contribution in [0.2, 0.25) is 0 Å². The number of esters is 1. The molecule has 1 heterocycles. The summed E-state index contributed by atoms with van der Waals surface area (Å²) in [6.45, 7) is 1.96. The molecule has 1 aliphatic heterocycles. The highest BCUT2D eigenvalue weighted by atomic mass is 16.5. The smallest absolute Gasteiger partial charge is 0.318 e. The number of nitrogens with one attached hydrogen (secondary N) is 1. The molecule has 0 bridgehead atoms. The van der Waals surface area contributed by atoms with Crippen molar-refractivity contribution in [3.63, 3.8) is 0 Å². The van der Waals surface area contributed by atoms with Crippen LogP contribution in [-0.4, -0.2) is 24.8 Å². The average molecular weight is 261 g/mol. The van der Waals surface area contributed by atoms with Gasteiger partial charge in [0.25, 0.3) is 0 Å². The third kappa shape index (κ3) is 2.81. The van der Waals surface area contributed by atoms with Gasteiger partial charge in [-0.3, -0.25) is 14.4 Å². The van der Waals surface area contributed by atoms with Gasteiger partial charge in [-0.15, -0.1) is 0 Å². The summed E-state index contributed by atoms with van der Waals surface area (Å²) in [6.07, 6.45) is 1.73. The number of carbonyl (C=O) groups excluding carboxylic acids is 3. The molecule has 1 aliphatic rings. The summed E-state index contributed by atoms with van der Waals surface area (Å²) in [7, 11) is 0. The minimum Gasteiger partial charge on any atom is -0.465 e. The van der Waals surface area contributed by atoms with E-state index in [1.165, 1.54) is 0 Å². The lowest BCUT2D eigenvalue weighted by Crippen LogP contribution is -2.30. The molecule has 1 N–H and O–H groups in total. The summed E-state index contributed by atoms with van der Waals surface area (Å²) < 4.78 is 4.90. The molecule has 0 aliphatic carbocycles. The minimum absolute atomic E-state index is 0.255. The van der Waals surface area contributed by atoms with E-state index in [9.17, 15) is 14.4 Å². The Morgan fingerprint density at radius 1 is 1.53 bits per heavy atom. The highest BCUT2D eigenvalue weighted by Crippen LogP contribution is 2.26. The molecular formula is C14H15NO4. The van der Waals surface area contributed by atoms with Crippen molar-refractivity contribution in [2.45, 2.75) is 19.8 Å². The molecule has 5 nitrogen and oxygen atoms in total. The first-order valence-electron chi connectivity index (χ1n) is 6.21. The van der Waals surface area contributed by atoms with Crippen molar-refractivity contribution in [3.8, 4) is 0 Å². The summed E-state index contributed by atoms with van der Waals surface area (Å²) in [4.78, 5) is 34.4. The number of aryl methyl sites for hydroxylation is 1. The molecule has 0 aromatic heterocycles. The van der Waals surface area contributed by atoms with Gasteiger partial charge in [0.15, 0.2) is 0 Å². The molecule has 5 heteroatoms. The fourth-order valence-electron chi connectivity index (χ4n) is 2.12. The van der Waals surface area contributed by atoms with E-state index in [2.05, 4.69) is 5.32 Å². The quantitative estimate of drug-likeness (QED) is 0.509. The monoisotopic (exact) mass is 261 g/mol. The number of hydrogen-bond acceptors (Lipinski definition) is 4. The molecule has 1 aromatic rings. The lowest BCUT2D eigenvalue weighted by molar-refractivity contribution is -0.151. The van der Waals surface area contributed by atoms with Gasteiger partial charge in [-0.25, -0.2) is 0 Å². The second kappa shape index (κ2) is 5.65. The number of benzene rings is 1. The van der Waals surface area contributed by atoms with E-state index in [1.54, 1.807) is 25.1 Å². The summed E-state index contributed by atoms with van der Waals surface area (Å²) in [6, 6.07) is 5.11. The van der Waals surface area contributed by atoms with Crippen LogP contribution in [-0.2, 0) is 20.7 Å². The largest absolute Gasteiger partial charge is 0.465 e. The van der Waals surface area contributed by atoms with Crippen molar-refractivity contribution in [3.05, 3.63) is 29.3 Å². The highest BCUT2D eigenvalue weighted by molar-refractivity contribution is 6.06. The van der Waals surface area contributed by atoms with E-state index >= 15 is 0 Å². The number of rotatable bonds is 3. The first kappa shape index (κ1) is 13.3. The zero-order valence-electron chi connectivity index (χ0n) is 10.6. The summed E-state index contributed by atoms with van der Waals surface area (Å²) >= 11 is 0. The highest BCUT2D eigenvalue weighted by Gasteiger charge is 2.30. The molecule has 1 unspecified atom stereocenters. The minimum atomic E-state index is -0.785. The molecule has 0 spiro atoms. The Kier molecular flexibility index (Phi) is 3.94. The topological polar surface area (TPSA) is 72.5 Å². The Hall–Kier alpha value is -2.17. The third-order valence-corrected chi connectivity index (χ3v) is 3.12. The molecule has 19 heavy (non-hydrogen) atoms. The lowest BCUT2D eigenvalue weighted by Gasteiger charge is -2.11. The van der Waals surface area contributed by atoms with Gasteiger partial charge in [0, 0.05) is 11.3 Å². The van der Waals surface area contributed by atoms with Crippen molar-refractivity contribution >= 4 is 23.9 Å². The van der Waals surface area contributed by atoms with Crippen LogP contribution in [0.1, 0.15) is 29.3 Å². The first-order chi connectivity index (χ1) is 9.15. The molecule has 100 valence electrons. The van der Waals surface area contributed by atoms with E-state index in [1.807, 2.05) is 0 Å². The molecule has 0 radical (unpaired) electrons. The molecule has 0 fully saturated rings. The van der Waals surface area contributed by atoms with Crippen LogP contribution in [0, 0.1) is 5.92 Å². The number of ether oxygens (including phenoxy) is 1. The van der Waals surface area contributed by atoms with Crippen molar-refractivity contribution < 1.29 is 19.1 Å². The SMILES string of the molecule is CCOC(=O)C1CCc2ccc(C=O)cc2NC1=O. The zero-order chi connectivity index (χ0) is 13.8. The number of fused-ring (bicyclic) bond motifs is 1. The number of amides is 1. The van der Waals surface area contributed by atoms with Gasteiger partial charge in [-0.05, 0) is 31.4 Å². The van der Waals surface area contributed by atoms with Crippen molar-refractivity contribution in [1.29, 1.82) is 0 Å². The molecule has 2 rings (SSSR count). The van der Waals surface area contributed by atoms with Gasteiger partial charge in [0.05, 0.1) is 6.61 Å². The Morgan fingerprint density at radius 3 is 3.00 bits per heavy atom. The van der Waals surface area contributed by atoms with Gasteiger partial charge in [-0.2, -0.15) is 0 Å². The Labute approximate surface area is 110 Å². The fraction of sp³-hybridized carbons (Fsp3) is 0.357. The molecule has 1 aromatic carbocycles. The van der Waals surface area contributed by atoms with Crippen LogP contribution in [0.4, 0.5) is 5.69 Å². The molecular weight excluding hydrogens is 246 g/mol. The maximum absolute atomic E-state index is 12.0. The number of carbonyl (C=O) groups is 3. The Bertz CT molecular complexity index is 524. The number of anilines is 1. The second-order valence-electron chi connectivity index (χ2n) is 4.37. The Morgan fingerprint density at radius 2 is 2.32 bits per heavy atom. The Balaban J connectivity index is 2.23. The predicted octanol–water partition coefficient (Wildman–Crippen LogP) is 1.56.